The lowest BCUT2D eigenvalue weighted by Gasteiger charge is -2.01. The van der Waals surface area contributed by atoms with Gasteiger partial charge in [-0.15, -0.1) is 10.2 Å². The second-order valence-corrected chi connectivity index (χ2v) is 8.03. The molecule has 4 aromatic rings. The number of hydrogen-bond acceptors (Lipinski definition) is 13. The first-order valence-electron chi connectivity index (χ1n) is 10.9. The van der Waals surface area contributed by atoms with Gasteiger partial charge in [0, 0.05) is 12.8 Å². The van der Waals surface area contributed by atoms with Crippen LogP contribution in [0.5, 0.6) is 0 Å². The van der Waals surface area contributed by atoms with Gasteiger partial charge in [-0.1, -0.05) is 46.9 Å². The van der Waals surface area contributed by atoms with Crippen molar-refractivity contribution in [2.24, 2.45) is 11.5 Å². The van der Waals surface area contributed by atoms with Crippen molar-refractivity contribution < 1.29 is 24.3 Å². The second kappa shape index (κ2) is 13.9. The van der Waals surface area contributed by atoms with Crippen LogP contribution in [-0.2, 0) is 22.9 Å². The van der Waals surface area contributed by atoms with Crippen LogP contribution in [0.3, 0.4) is 0 Å². The Labute approximate surface area is 231 Å². The predicted octanol–water partition coefficient (Wildman–Crippen LogP) is -2.90. The first kappa shape index (κ1) is 30.8. The van der Waals surface area contributed by atoms with Crippen LogP contribution in [0.1, 0.15) is 47.7 Å². The van der Waals surface area contributed by atoms with Gasteiger partial charge in [-0.05, 0) is 0 Å². The largest absolute Gasteiger partial charge is 0.374 e. The lowest BCUT2D eigenvalue weighted by Crippen LogP contribution is -2.32. The topological polar surface area (TPSA) is 271 Å². The lowest BCUT2D eigenvalue weighted by molar-refractivity contribution is -0.119. The third-order valence-corrected chi connectivity index (χ3v) is 5.55. The Morgan fingerprint density at radius 1 is 0.821 bits per heavy atom. The molecule has 39 heavy (non-hydrogen) atoms. The number of rotatable bonds is 8. The number of carbonyl (C=O) groups excluding carboxylic acids is 4. The first-order chi connectivity index (χ1) is 18.5. The van der Waals surface area contributed by atoms with E-state index in [-0.39, 0.29) is 35.0 Å². The number of amides is 2. The SMILES string of the molecule is CCC(=O)CI.CCC(=O)Cn1nnc2c(C(N)=O)ncn2c1=O.NC(=O)c1ncn2c(=O)n(CO)nnc12. The number of Topliss-reactive ketones (excluding diaryl/α,β-unsaturated/α-hetero) is 2. The molecule has 20 heteroatoms. The molecule has 0 aliphatic rings. The number of nitrogens with zero attached hydrogens (tertiary/aromatic N) is 10. The van der Waals surface area contributed by atoms with E-state index in [0.717, 1.165) is 26.1 Å². The van der Waals surface area contributed by atoms with Gasteiger partial charge in [0.05, 0.1) is 4.43 Å². The summed E-state index contributed by atoms with van der Waals surface area (Å²) in [6.45, 7) is 2.79. The summed E-state index contributed by atoms with van der Waals surface area (Å²) in [4.78, 5) is 74.0. The summed E-state index contributed by atoms with van der Waals surface area (Å²) in [6, 6.07) is 0. The minimum absolute atomic E-state index is 0.0207. The van der Waals surface area contributed by atoms with Crippen LogP contribution in [0.15, 0.2) is 22.2 Å². The fourth-order valence-electron chi connectivity index (χ4n) is 2.58. The Kier molecular flexibility index (Phi) is 11.0. The molecule has 4 aromatic heterocycles. The summed E-state index contributed by atoms with van der Waals surface area (Å²) in [7, 11) is 0. The van der Waals surface area contributed by atoms with Crippen molar-refractivity contribution in [3.05, 3.63) is 45.0 Å². The van der Waals surface area contributed by atoms with Gasteiger partial charge in [-0.3, -0.25) is 19.2 Å². The van der Waals surface area contributed by atoms with Gasteiger partial charge in [-0.2, -0.15) is 9.36 Å². The fourth-order valence-corrected chi connectivity index (χ4v) is 3.12. The normalized spacial score (nSPS) is 10.4. The van der Waals surface area contributed by atoms with E-state index in [9.17, 15) is 28.8 Å². The Morgan fingerprint density at radius 2 is 1.26 bits per heavy atom. The van der Waals surface area contributed by atoms with Gasteiger partial charge in [0.2, 0.25) is 0 Å². The molecule has 0 aliphatic carbocycles. The molecule has 4 heterocycles. The summed E-state index contributed by atoms with van der Waals surface area (Å²) in [5.41, 5.74) is 8.51. The van der Waals surface area contributed by atoms with E-state index < -0.39 is 29.9 Å². The first-order valence-corrected chi connectivity index (χ1v) is 12.4. The number of halogens is 1. The molecule has 0 saturated heterocycles. The van der Waals surface area contributed by atoms with Crippen LogP contribution < -0.4 is 22.8 Å². The molecule has 0 unspecified atom stereocenters. The maximum atomic E-state index is 11.9. The number of hydrogen-bond donors (Lipinski definition) is 3. The van der Waals surface area contributed by atoms with Crippen molar-refractivity contribution in [2.45, 2.75) is 40.0 Å². The van der Waals surface area contributed by atoms with Crippen LogP contribution in [0, 0.1) is 0 Å². The van der Waals surface area contributed by atoms with E-state index in [2.05, 4.69) is 53.2 Å². The van der Waals surface area contributed by atoms with Gasteiger partial charge in [-0.25, -0.2) is 28.4 Å². The van der Waals surface area contributed by atoms with E-state index in [4.69, 9.17) is 16.6 Å². The van der Waals surface area contributed by atoms with Crippen molar-refractivity contribution in [1.82, 2.24) is 48.8 Å². The summed E-state index contributed by atoms with van der Waals surface area (Å²) in [6.07, 6.45) is 3.20. The summed E-state index contributed by atoms with van der Waals surface area (Å²) >= 11 is 2.06. The molecule has 0 aromatic carbocycles. The van der Waals surface area contributed by atoms with Gasteiger partial charge in [0.15, 0.2) is 28.5 Å². The number of ketones is 2. The summed E-state index contributed by atoms with van der Waals surface area (Å²) < 4.78 is 4.28. The molecule has 0 aliphatic heterocycles. The number of aliphatic hydroxyl groups is 1. The molecule has 208 valence electrons. The zero-order valence-corrected chi connectivity index (χ0v) is 22.7. The Bertz CT molecular complexity index is 1630. The smallest absolute Gasteiger partial charge is 0.355 e. The van der Waals surface area contributed by atoms with Gasteiger partial charge < -0.3 is 16.6 Å². The molecule has 0 saturated carbocycles. The molecule has 0 spiro atoms. The van der Waals surface area contributed by atoms with Crippen LogP contribution in [-0.4, -0.2) is 81.7 Å². The van der Waals surface area contributed by atoms with Crippen molar-refractivity contribution in [3.63, 3.8) is 0 Å². The molecule has 4 rings (SSSR count). The molecule has 5 N–H and O–H groups in total. The minimum Gasteiger partial charge on any atom is -0.374 e. The number of primary amides is 2. The number of aromatic nitrogens is 10. The van der Waals surface area contributed by atoms with Gasteiger partial charge >= 0.3 is 11.4 Å². The second-order valence-electron chi connectivity index (χ2n) is 7.26. The third kappa shape index (κ3) is 7.31. The number of nitrogens with two attached hydrogens (primary N) is 2. The number of aliphatic hydroxyl groups excluding tert-OH is 1. The van der Waals surface area contributed by atoms with Crippen LogP contribution in [0.25, 0.3) is 11.3 Å². The number of alkyl halides is 1. The van der Waals surface area contributed by atoms with E-state index in [1.54, 1.807) is 6.92 Å². The van der Waals surface area contributed by atoms with E-state index >= 15 is 0 Å². The zero-order chi connectivity index (χ0) is 29.3. The van der Waals surface area contributed by atoms with Crippen LogP contribution in [0.2, 0.25) is 0 Å². The maximum Gasteiger partial charge on any atom is 0.355 e. The van der Waals surface area contributed by atoms with E-state index in [1.165, 1.54) is 0 Å². The molecule has 0 radical (unpaired) electrons. The molecule has 0 fully saturated rings. The monoisotopic (exact) mass is 658 g/mol. The quantitative estimate of drug-likeness (QED) is 0.127. The number of carbonyl (C=O) groups is 4. The summed E-state index contributed by atoms with van der Waals surface area (Å²) in [5.74, 6) is -1.42. The summed E-state index contributed by atoms with van der Waals surface area (Å²) in [5, 5.41) is 22.9. The highest BCUT2D eigenvalue weighted by molar-refractivity contribution is 14.1. The number of fused-ring (bicyclic) bond motifs is 2. The Morgan fingerprint density at radius 3 is 1.62 bits per heavy atom. The Balaban J connectivity index is 0.000000230. The predicted molar refractivity (Wildman–Crippen MR) is 139 cm³/mol. The Hall–Kier alpha value is -4.47. The molecular formula is C19H23IN12O7. The van der Waals surface area contributed by atoms with Crippen molar-refractivity contribution in [3.8, 4) is 0 Å². The van der Waals surface area contributed by atoms with Crippen molar-refractivity contribution >= 4 is 57.3 Å². The molecule has 0 bridgehead atoms. The molecule has 2 amide bonds. The van der Waals surface area contributed by atoms with Gasteiger partial charge in [0.25, 0.3) is 11.8 Å². The maximum absolute atomic E-state index is 11.9. The molecule has 19 nitrogen and oxygen atoms in total. The standard InChI is InChI=1S/C9H10N6O3.C6H6N6O3.C4H7IO/c1-2-5(16)3-15-9(18)14-4-11-6(7(10)17)8(14)12-13-15;7-4(14)3-5-9-10-12(2-13)6(15)11(5)1-8-3;1-2-4(6)3-5/h4H,2-3H2,1H3,(H2,10,17);1,13H,2H2,(H2,7,14);2-3H2,1H3. The van der Waals surface area contributed by atoms with Crippen molar-refractivity contribution in [1.29, 1.82) is 0 Å². The highest BCUT2D eigenvalue weighted by atomic mass is 127. The minimum atomic E-state index is -0.798. The van der Waals surface area contributed by atoms with Gasteiger partial charge in [0.1, 0.15) is 31.7 Å². The molecule has 0 atom stereocenters. The molecular weight excluding hydrogens is 635 g/mol. The highest BCUT2D eigenvalue weighted by Crippen LogP contribution is 2.01. The number of imidazole rings is 2. The van der Waals surface area contributed by atoms with E-state index in [1.807, 2.05) is 6.92 Å². The van der Waals surface area contributed by atoms with Crippen LogP contribution in [0.4, 0.5) is 0 Å². The van der Waals surface area contributed by atoms with Crippen LogP contribution >= 0.6 is 22.6 Å². The van der Waals surface area contributed by atoms with Crippen molar-refractivity contribution in [2.75, 3.05) is 4.43 Å². The third-order valence-electron chi connectivity index (χ3n) is 4.70. The lowest BCUT2D eigenvalue weighted by atomic mass is 10.3. The average molecular weight is 658 g/mol. The highest BCUT2D eigenvalue weighted by Gasteiger charge is 2.16. The van der Waals surface area contributed by atoms with E-state index in [0.29, 0.717) is 27.7 Å². The zero-order valence-electron chi connectivity index (χ0n) is 20.6. The fraction of sp³-hybridized carbons (Fsp3) is 0.368. The average Bonchev–Trinajstić information content (AvgIpc) is 3.56.